The molecule has 2 amide bonds. The van der Waals surface area contributed by atoms with E-state index in [0.717, 1.165) is 25.7 Å². The summed E-state index contributed by atoms with van der Waals surface area (Å²) in [6.07, 6.45) is 1.98. The third kappa shape index (κ3) is 12.5. The standard InChI is InChI=1S/C26H34N4O8/c27-21-9-5-7-19(17-21)23(31)35-13-15-37-25(33)29-11-3-1-2-4-12-30-26(34)38-16-14-36-24(32)20-8-6-10-22(28)18-20/h5-10,17-18H,1-4,11-16,27-28H2,(H,29,33)(H,30,34). The van der Waals surface area contributed by atoms with Crippen molar-refractivity contribution in [1.82, 2.24) is 10.6 Å². The van der Waals surface area contributed by atoms with Crippen molar-refractivity contribution in [1.29, 1.82) is 0 Å². The summed E-state index contributed by atoms with van der Waals surface area (Å²) in [7, 11) is 0. The lowest BCUT2D eigenvalue weighted by Gasteiger charge is -2.09. The number of benzene rings is 2. The fourth-order valence-corrected chi connectivity index (χ4v) is 3.12. The number of amides is 2. The van der Waals surface area contributed by atoms with Crippen LogP contribution in [-0.4, -0.2) is 63.6 Å². The number of nitrogens with two attached hydrogens (primary N) is 2. The number of carbonyl (C=O) groups is 4. The lowest BCUT2D eigenvalue weighted by Crippen LogP contribution is -2.27. The number of nitrogens with one attached hydrogen (secondary N) is 2. The number of anilines is 2. The third-order valence-corrected chi connectivity index (χ3v) is 4.99. The first kappa shape index (κ1) is 29.7. The van der Waals surface area contributed by atoms with Crippen molar-refractivity contribution in [3.8, 4) is 0 Å². The highest BCUT2D eigenvalue weighted by molar-refractivity contribution is 5.90. The zero-order valence-corrected chi connectivity index (χ0v) is 21.1. The third-order valence-electron chi connectivity index (χ3n) is 4.99. The molecule has 2 aromatic carbocycles. The monoisotopic (exact) mass is 530 g/mol. The van der Waals surface area contributed by atoms with Crippen molar-refractivity contribution >= 4 is 35.5 Å². The Morgan fingerprint density at radius 2 is 0.974 bits per heavy atom. The van der Waals surface area contributed by atoms with Crippen molar-refractivity contribution < 1.29 is 38.1 Å². The number of hydrogen-bond acceptors (Lipinski definition) is 10. The first-order chi connectivity index (χ1) is 18.3. The van der Waals surface area contributed by atoms with Gasteiger partial charge in [-0.3, -0.25) is 0 Å². The van der Waals surface area contributed by atoms with E-state index in [1.807, 2.05) is 0 Å². The minimum absolute atomic E-state index is 0.0633. The Morgan fingerprint density at radius 3 is 1.37 bits per heavy atom. The molecule has 2 rings (SSSR count). The lowest BCUT2D eigenvalue weighted by molar-refractivity contribution is 0.0396. The molecule has 38 heavy (non-hydrogen) atoms. The molecule has 0 saturated heterocycles. The highest BCUT2D eigenvalue weighted by atomic mass is 16.6. The summed E-state index contributed by atoms with van der Waals surface area (Å²) in [5.74, 6) is -1.08. The van der Waals surface area contributed by atoms with Crippen LogP contribution in [0.2, 0.25) is 0 Å². The predicted octanol–water partition coefficient (Wildman–Crippen LogP) is 2.88. The maximum atomic E-state index is 11.8. The molecular weight excluding hydrogens is 496 g/mol. The quantitative estimate of drug-likeness (QED) is 0.116. The summed E-state index contributed by atoms with van der Waals surface area (Å²) in [5.41, 5.74) is 12.8. The Morgan fingerprint density at radius 1 is 0.579 bits per heavy atom. The van der Waals surface area contributed by atoms with E-state index < -0.39 is 24.1 Å². The molecule has 0 unspecified atom stereocenters. The van der Waals surface area contributed by atoms with Gasteiger partial charge in [0.15, 0.2) is 0 Å². The number of nitrogen functional groups attached to an aromatic ring is 2. The molecule has 0 bridgehead atoms. The fourth-order valence-electron chi connectivity index (χ4n) is 3.12. The molecule has 0 radical (unpaired) electrons. The van der Waals surface area contributed by atoms with E-state index in [0.29, 0.717) is 35.6 Å². The van der Waals surface area contributed by atoms with Gasteiger partial charge in [0.25, 0.3) is 0 Å². The minimum Gasteiger partial charge on any atom is -0.458 e. The van der Waals surface area contributed by atoms with Gasteiger partial charge in [0.05, 0.1) is 11.1 Å². The zero-order valence-electron chi connectivity index (χ0n) is 21.1. The van der Waals surface area contributed by atoms with Gasteiger partial charge < -0.3 is 41.0 Å². The SMILES string of the molecule is Nc1cccc(C(=O)OCCOC(=O)NCCCCCCNC(=O)OCCOC(=O)c2cccc(N)c2)c1. The van der Waals surface area contributed by atoms with Crippen LogP contribution in [0.1, 0.15) is 46.4 Å². The van der Waals surface area contributed by atoms with Crippen molar-refractivity contribution in [3.05, 3.63) is 59.7 Å². The normalized spacial score (nSPS) is 10.2. The number of alkyl carbamates (subject to hydrolysis) is 2. The van der Waals surface area contributed by atoms with E-state index >= 15 is 0 Å². The predicted molar refractivity (Wildman–Crippen MR) is 139 cm³/mol. The second-order valence-electron chi connectivity index (χ2n) is 8.06. The Balaban J connectivity index is 1.38. The van der Waals surface area contributed by atoms with E-state index in [2.05, 4.69) is 10.6 Å². The van der Waals surface area contributed by atoms with Gasteiger partial charge >= 0.3 is 24.1 Å². The average Bonchev–Trinajstić information content (AvgIpc) is 2.90. The molecule has 0 heterocycles. The van der Waals surface area contributed by atoms with Crippen LogP contribution in [0.4, 0.5) is 21.0 Å². The van der Waals surface area contributed by atoms with Gasteiger partial charge in [-0.05, 0) is 49.2 Å². The van der Waals surface area contributed by atoms with E-state index in [9.17, 15) is 19.2 Å². The van der Waals surface area contributed by atoms with Gasteiger partial charge in [-0.15, -0.1) is 0 Å². The average molecular weight is 531 g/mol. The number of ether oxygens (including phenoxy) is 4. The second-order valence-corrected chi connectivity index (χ2v) is 8.06. The number of hydrogen-bond donors (Lipinski definition) is 4. The Labute approximate surface area is 220 Å². The van der Waals surface area contributed by atoms with Crippen LogP contribution in [0.5, 0.6) is 0 Å². The van der Waals surface area contributed by atoms with Crippen LogP contribution in [0, 0.1) is 0 Å². The highest BCUT2D eigenvalue weighted by Crippen LogP contribution is 2.08. The number of rotatable bonds is 15. The zero-order chi connectivity index (χ0) is 27.6. The summed E-state index contributed by atoms with van der Waals surface area (Å²) in [5, 5.41) is 5.24. The molecule has 0 atom stereocenters. The van der Waals surface area contributed by atoms with Crippen molar-refractivity contribution in [3.63, 3.8) is 0 Å². The van der Waals surface area contributed by atoms with Gasteiger partial charge in [-0.25, -0.2) is 19.2 Å². The fraction of sp³-hybridized carbons (Fsp3) is 0.385. The van der Waals surface area contributed by atoms with E-state index in [1.54, 1.807) is 36.4 Å². The van der Waals surface area contributed by atoms with E-state index in [4.69, 9.17) is 30.4 Å². The molecule has 0 aliphatic carbocycles. The molecule has 206 valence electrons. The van der Waals surface area contributed by atoms with E-state index in [-0.39, 0.29) is 26.4 Å². The summed E-state index contributed by atoms with van der Waals surface area (Å²) < 4.78 is 20.0. The smallest absolute Gasteiger partial charge is 0.407 e. The van der Waals surface area contributed by atoms with E-state index in [1.165, 1.54) is 12.1 Å². The van der Waals surface area contributed by atoms with Crippen LogP contribution >= 0.6 is 0 Å². The molecule has 0 aliphatic rings. The number of carbonyl (C=O) groups excluding carboxylic acids is 4. The van der Waals surface area contributed by atoms with Gasteiger partial charge in [-0.1, -0.05) is 25.0 Å². The Bertz CT molecular complexity index is 980. The maximum Gasteiger partial charge on any atom is 0.407 e. The molecule has 6 N–H and O–H groups in total. The van der Waals surface area contributed by atoms with Gasteiger partial charge in [0.2, 0.25) is 0 Å². The molecular formula is C26H34N4O8. The highest BCUT2D eigenvalue weighted by Gasteiger charge is 2.09. The van der Waals surface area contributed by atoms with Crippen molar-refractivity contribution in [2.75, 3.05) is 51.0 Å². The Kier molecular flexibility index (Phi) is 13.4. The van der Waals surface area contributed by atoms with Crippen molar-refractivity contribution in [2.24, 2.45) is 0 Å². The van der Waals surface area contributed by atoms with Crippen LogP contribution in [0.15, 0.2) is 48.5 Å². The largest absolute Gasteiger partial charge is 0.458 e. The maximum absolute atomic E-state index is 11.8. The van der Waals surface area contributed by atoms with Crippen LogP contribution in [0.3, 0.4) is 0 Å². The summed E-state index contributed by atoms with van der Waals surface area (Å²) >= 11 is 0. The molecule has 0 fully saturated rings. The molecule has 0 saturated carbocycles. The molecule has 12 heteroatoms. The number of unbranched alkanes of at least 4 members (excludes halogenated alkanes) is 3. The van der Waals surface area contributed by atoms with Crippen LogP contribution < -0.4 is 22.1 Å². The first-order valence-corrected chi connectivity index (χ1v) is 12.2. The number of esters is 2. The molecule has 0 aromatic heterocycles. The second kappa shape index (κ2) is 17.1. The lowest BCUT2D eigenvalue weighted by atomic mass is 10.2. The summed E-state index contributed by atoms with van der Waals surface area (Å²) in [6.45, 7) is 0.617. The minimum atomic E-state index is -0.590. The van der Waals surface area contributed by atoms with Gasteiger partial charge in [-0.2, -0.15) is 0 Å². The summed E-state index contributed by atoms with van der Waals surface area (Å²) in [4.78, 5) is 47.0. The molecule has 0 aliphatic heterocycles. The Hall–Kier alpha value is -4.48. The van der Waals surface area contributed by atoms with Gasteiger partial charge in [0.1, 0.15) is 26.4 Å². The van der Waals surface area contributed by atoms with Crippen molar-refractivity contribution in [2.45, 2.75) is 25.7 Å². The summed E-state index contributed by atoms with van der Waals surface area (Å²) in [6, 6.07) is 12.8. The first-order valence-electron chi connectivity index (χ1n) is 12.2. The topological polar surface area (TPSA) is 181 Å². The molecule has 12 nitrogen and oxygen atoms in total. The molecule has 0 spiro atoms. The van der Waals surface area contributed by atoms with Crippen LogP contribution in [0.25, 0.3) is 0 Å². The molecule has 2 aromatic rings. The van der Waals surface area contributed by atoms with Gasteiger partial charge in [0, 0.05) is 24.5 Å². The van der Waals surface area contributed by atoms with Crippen LogP contribution in [-0.2, 0) is 18.9 Å².